The second kappa shape index (κ2) is 6.06. The van der Waals surface area contributed by atoms with Crippen molar-refractivity contribution in [1.82, 2.24) is 10.5 Å². The van der Waals surface area contributed by atoms with E-state index in [1.807, 2.05) is 33.8 Å². The Kier molecular flexibility index (Phi) is 4.60. The summed E-state index contributed by atoms with van der Waals surface area (Å²) in [7, 11) is 0. The predicted molar refractivity (Wildman–Crippen MR) is 80.0 cm³/mol. The second-order valence-corrected chi connectivity index (χ2v) is 5.93. The third kappa shape index (κ3) is 3.10. The number of nitrogens with one attached hydrogen (secondary N) is 1. The number of halogens is 2. The molecule has 1 heterocycles. The molecule has 1 aromatic carbocycles. The molecule has 1 N–H and O–H groups in total. The number of rotatable bonds is 4. The summed E-state index contributed by atoms with van der Waals surface area (Å²) in [5, 5.41) is 7.34. The van der Waals surface area contributed by atoms with Crippen molar-refractivity contribution in [3.05, 3.63) is 51.1 Å². The number of aromatic nitrogens is 1. The van der Waals surface area contributed by atoms with Gasteiger partial charge in [0.25, 0.3) is 0 Å². The van der Waals surface area contributed by atoms with Gasteiger partial charge in [-0.3, -0.25) is 0 Å². The van der Waals surface area contributed by atoms with Gasteiger partial charge in [0.05, 0.1) is 5.69 Å². The highest BCUT2D eigenvalue weighted by Gasteiger charge is 2.20. The molecule has 2 rings (SSSR count). The van der Waals surface area contributed by atoms with E-state index in [2.05, 4.69) is 26.4 Å². The van der Waals surface area contributed by atoms with E-state index in [0.29, 0.717) is 5.56 Å². The number of aryl methyl sites for hydroxylation is 2. The molecule has 0 saturated heterocycles. The lowest BCUT2D eigenvalue weighted by molar-refractivity contribution is 0.389. The number of nitrogens with zero attached hydrogens (tertiary/aromatic N) is 1. The van der Waals surface area contributed by atoms with Crippen LogP contribution in [0.15, 0.2) is 27.2 Å². The van der Waals surface area contributed by atoms with Crippen LogP contribution >= 0.6 is 15.9 Å². The average molecular weight is 341 g/mol. The van der Waals surface area contributed by atoms with E-state index < -0.39 is 0 Å². The lowest BCUT2D eigenvalue weighted by Gasteiger charge is -2.21. The number of benzene rings is 1. The smallest absolute Gasteiger partial charge is 0.138 e. The number of hydrogen-bond donors (Lipinski definition) is 1. The molecule has 0 spiro atoms. The summed E-state index contributed by atoms with van der Waals surface area (Å²) in [6.45, 7) is 7.77. The van der Waals surface area contributed by atoms with Crippen molar-refractivity contribution >= 4 is 15.9 Å². The molecule has 2 aromatic rings. The highest BCUT2D eigenvalue weighted by molar-refractivity contribution is 9.10. The van der Waals surface area contributed by atoms with Crippen LogP contribution in [0.5, 0.6) is 0 Å². The summed E-state index contributed by atoms with van der Waals surface area (Å²) < 4.78 is 19.9. The van der Waals surface area contributed by atoms with Crippen LogP contribution in [0.3, 0.4) is 0 Å². The maximum absolute atomic E-state index is 14.0. The van der Waals surface area contributed by atoms with Crippen molar-refractivity contribution in [1.29, 1.82) is 0 Å². The predicted octanol–water partition coefficient (Wildman–Crippen LogP) is 4.60. The monoisotopic (exact) mass is 340 g/mol. The van der Waals surface area contributed by atoms with Crippen LogP contribution in [0.2, 0.25) is 0 Å². The van der Waals surface area contributed by atoms with Gasteiger partial charge in [-0.25, -0.2) is 4.39 Å². The second-order valence-electron chi connectivity index (χ2n) is 5.01. The van der Waals surface area contributed by atoms with Gasteiger partial charge >= 0.3 is 0 Å². The molecule has 0 aliphatic heterocycles. The van der Waals surface area contributed by atoms with E-state index in [1.165, 1.54) is 6.07 Å². The highest BCUT2D eigenvalue weighted by atomic mass is 79.9. The molecule has 0 aliphatic carbocycles. The summed E-state index contributed by atoms with van der Waals surface area (Å²) in [6, 6.07) is 5.05. The highest BCUT2D eigenvalue weighted by Crippen LogP contribution is 2.26. The molecule has 2 atom stereocenters. The van der Waals surface area contributed by atoms with Crippen molar-refractivity contribution < 1.29 is 8.91 Å². The molecule has 0 saturated carbocycles. The van der Waals surface area contributed by atoms with Gasteiger partial charge in [0.2, 0.25) is 0 Å². The normalized spacial score (nSPS) is 14.3. The Balaban J connectivity index is 2.17. The van der Waals surface area contributed by atoms with E-state index in [4.69, 9.17) is 4.52 Å². The molecule has 0 bridgehead atoms. The standard InChI is InChI=1S/C15H18BrFN2O/c1-8(13-6-5-12(16)7-14(13)17)18-9(2)15-10(3)19-20-11(15)4/h5-9,18H,1-4H3. The van der Waals surface area contributed by atoms with Crippen LogP contribution in [-0.2, 0) is 0 Å². The summed E-state index contributed by atoms with van der Waals surface area (Å²) in [5.41, 5.74) is 2.55. The molecular formula is C15H18BrFN2O. The third-order valence-corrected chi connectivity index (χ3v) is 3.94. The lowest BCUT2D eigenvalue weighted by atomic mass is 10.0. The minimum absolute atomic E-state index is 0.0410. The summed E-state index contributed by atoms with van der Waals surface area (Å²) in [6.07, 6.45) is 0. The number of hydrogen-bond acceptors (Lipinski definition) is 3. The Bertz CT molecular complexity index is 592. The van der Waals surface area contributed by atoms with Gasteiger partial charge < -0.3 is 9.84 Å². The fourth-order valence-corrected chi connectivity index (χ4v) is 2.84. The topological polar surface area (TPSA) is 38.1 Å². The minimum atomic E-state index is -0.217. The van der Waals surface area contributed by atoms with Crippen molar-refractivity contribution in [2.45, 2.75) is 39.8 Å². The fraction of sp³-hybridized carbons (Fsp3) is 0.400. The van der Waals surface area contributed by atoms with E-state index in [-0.39, 0.29) is 17.9 Å². The van der Waals surface area contributed by atoms with Gasteiger partial charge in [0, 0.05) is 27.7 Å². The van der Waals surface area contributed by atoms with E-state index in [1.54, 1.807) is 6.07 Å². The Morgan fingerprint density at radius 3 is 2.50 bits per heavy atom. The minimum Gasteiger partial charge on any atom is -0.361 e. The molecule has 108 valence electrons. The first-order valence-electron chi connectivity index (χ1n) is 6.54. The van der Waals surface area contributed by atoms with Crippen LogP contribution in [0, 0.1) is 19.7 Å². The van der Waals surface area contributed by atoms with Crippen molar-refractivity contribution in [3.63, 3.8) is 0 Å². The van der Waals surface area contributed by atoms with Gasteiger partial charge in [-0.05, 0) is 39.8 Å². The molecule has 0 fully saturated rings. The summed E-state index contributed by atoms with van der Waals surface area (Å²) >= 11 is 3.27. The Morgan fingerprint density at radius 1 is 1.25 bits per heavy atom. The van der Waals surface area contributed by atoms with Crippen LogP contribution in [-0.4, -0.2) is 5.16 Å². The van der Waals surface area contributed by atoms with E-state index >= 15 is 0 Å². The first-order valence-corrected chi connectivity index (χ1v) is 7.33. The van der Waals surface area contributed by atoms with Crippen molar-refractivity contribution in [2.24, 2.45) is 0 Å². The molecule has 3 nitrogen and oxygen atoms in total. The van der Waals surface area contributed by atoms with Crippen LogP contribution in [0.1, 0.15) is 48.5 Å². The Labute approximate surface area is 126 Å². The molecule has 0 radical (unpaired) electrons. The quantitative estimate of drug-likeness (QED) is 0.883. The molecule has 5 heteroatoms. The van der Waals surface area contributed by atoms with Gasteiger partial charge in [0.1, 0.15) is 11.6 Å². The van der Waals surface area contributed by atoms with Gasteiger partial charge in [-0.15, -0.1) is 0 Å². The lowest BCUT2D eigenvalue weighted by Crippen LogP contribution is -2.24. The SMILES string of the molecule is Cc1noc(C)c1C(C)NC(C)c1ccc(Br)cc1F. The van der Waals surface area contributed by atoms with E-state index in [0.717, 1.165) is 21.5 Å². The largest absolute Gasteiger partial charge is 0.361 e. The molecule has 20 heavy (non-hydrogen) atoms. The zero-order valence-corrected chi connectivity index (χ0v) is 13.6. The van der Waals surface area contributed by atoms with Crippen molar-refractivity contribution in [2.75, 3.05) is 0 Å². The molecular weight excluding hydrogens is 323 g/mol. The van der Waals surface area contributed by atoms with Gasteiger partial charge in [0.15, 0.2) is 0 Å². The average Bonchev–Trinajstić information content (AvgIpc) is 2.68. The zero-order chi connectivity index (χ0) is 14.9. The van der Waals surface area contributed by atoms with Gasteiger partial charge in [-0.2, -0.15) is 0 Å². The molecule has 0 amide bonds. The van der Waals surface area contributed by atoms with Crippen molar-refractivity contribution in [3.8, 4) is 0 Å². The van der Waals surface area contributed by atoms with Crippen LogP contribution < -0.4 is 5.32 Å². The van der Waals surface area contributed by atoms with Crippen LogP contribution in [0.4, 0.5) is 4.39 Å². The first-order chi connectivity index (χ1) is 9.40. The van der Waals surface area contributed by atoms with Gasteiger partial charge in [-0.1, -0.05) is 27.2 Å². The summed E-state index contributed by atoms with van der Waals surface area (Å²) in [5.74, 6) is 0.580. The zero-order valence-electron chi connectivity index (χ0n) is 12.0. The third-order valence-electron chi connectivity index (χ3n) is 3.45. The molecule has 0 aliphatic rings. The maximum atomic E-state index is 14.0. The molecule has 1 aromatic heterocycles. The fourth-order valence-electron chi connectivity index (χ4n) is 2.51. The first kappa shape index (κ1) is 15.2. The molecule has 2 unspecified atom stereocenters. The van der Waals surface area contributed by atoms with Crippen LogP contribution in [0.25, 0.3) is 0 Å². The maximum Gasteiger partial charge on any atom is 0.138 e. The Morgan fingerprint density at radius 2 is 1.95 bits per heavy atom. The van der Waals surface area contributed by atoms with E-state index in [9.17, 15) is 4.39 Å². The summed E-state index contributed by atoms with van der Waals surface area (Å²) in [4.78, 5) is 0. The Hall–Kier alpha value is -1.20.